The first-order valence-electron chi connectivity index (χ1n) is 9.78. The van der Waals surface area contributed by atoms with E-state index < -0.39 is 5.97 Å². The summed E-state index contributed by atoms with van der Waals surface area (Å²) in [4.78, 5) is 23.2. The van der Waals surface area contributed by atoms with Crippen LogP contribution in [0.5, 0.6) is 0 Å². The van der Waals surface area contributed by atoms with E-state index in [4.69, 9.17) is 23.9 Å². The molecule has 0 bridgehead atoms. The number of methoxy groups -OCH3 is 1. The molecule has 0 saturated carbocycles. The van der Waals surface area contributed by atoms with Crippen molar-refractivity contribution in [2.75, 3.05) is 44.9 Å². The van der Waals surface area contributed by atoms with Crippen molar-refractivity contribution in [2.45, 2.75) is 31.7 Å². The molecule has 2 aliphatic heterocycles. The number of carbonyl (C=O) groups is 1. The SMILES string of the molecule is COC(=O)c1cc(Br)c2nc(N3CCO[C@H](COC4CCCCO4)C3)cnc2c1.S. The molecule has 3 heterocycles. The van der Waals surface area contributed by atoms with Crippen molar-refractivity contribution in [3.63, 3.8) is 0 Å². The summed E-state index contributed by atoms with van der Waals surface area (Å²) in [6.07, 6.45) is 4.74. The lowest BCUT2D eigenvalue weighted by Gasteiger charge is -2.34. The largest absolute Gasteiger partial charge is 0.465 e. The zero-order valence-corrected chi connectivity index (χ0v) is 19.4. The normalized spacial score (nSPS) is 21.9. The Bertz CT molecular complexity index is 881. The highest BCUT2D eigenvalue weighted by Crippen LogP contribution is 2.26. The number of esters is 1. The van der Waals surface area contributed by atoms with Crippen molar-refractivity contribution < 1.29 is 23.7 Å². The van der Waals surface area contributed by atoms with Gasteiger partial charge in [-0.05, 0) is 47.3 Å². The zero-order valence-electron chi connectivity index (χ0n) is 16.8. The van der Waals surface area contributed by atoms with E-state index >= 15 is 0 Å². The van der Waals surface area contributed by atoms with Crippen LogP contribution in [0.4, 0.5) is 5.82 Å². The Hall–Kier alpha value is -1.46. The molecular formula is C20H26BrN3O5S. The van der Waals surface area contributed by atoms with Crippen LogP contribution in [-0.4, -0.2) is 68.4 Å². The molecule has 0 radical (unpaired) electrons. The van der Waals surface area contributed by atoms with Crippen molar-refractivity contribution in [1.29, 1.82) is 0 Å². The molecule has 0 spiro atoms. The lowest BCUT2D eigenvalue weighted by atomic mass is 10.2. The maximum Gasteiger partial charge on any atom is 0.337 e. The number of halogens is 1. The van der Waals surface area contributed by atoms with E-state index in [1.165, 1.54) is 7.11 Å². The number of fused-ring (bicyclic) bond motifs is 1. The minimum Gasteiger partial charge on any atom is -0.465 e. The first-order chi connectivity index (χ1) is 14.1. The topological polar surface area (TPSA) is 83.0 Å². The molecule has 1 aromatic heterocycles. The van der Waals surface area contributed by atoms with Crippen LogP contribution in [0.3, 0.4) is 0 Å². The fourth-order valence-electron chi connectivity index (χ4n) is 3.54. The number of rotatable bonds is 5. The van der Waals surface area contributed by atoms with Gasteiger partial charge in [-0.1, -0.05) is 0 Å². The van der Waals surface area contributed by atoms with Crippen molar-refractivity contribution in [1.82, 2.24) is 9.97 Å². The van der Waals surface area contributed by atoms with Gasteiger partial charge in [0.15, 0.2) is 6.29 Å². The third-order valence-corrected chi connectivity index (χ3v) is 5.68. The molecule has 4 rings (SSSR count). The molecule has 2 aromatic rings. The van der Waals surface area contributed by atoms with Crippen molar-refractivity contribution in [3.05, 3.63) is 28.4 Å². The lowest BCUT2D eigenvalue weighted by molar-refractivity contribution is -0.180. The smallest absolute Gasteiger partial charge is 0.337 e. The molecule has 2 fully saturated rings. The highest BCUT2D eigenvalue weighted by atomic mass is 79.9. The predicted molar refractivity (Wildman–Crippen MR) is 120 cm³/mol. The molecule has 2 saturated heterocycles. The monoisotopic (exact) mass is 499 g/mol. The van der Waals surface area contributed by atoms with Gasteiger partial charge in [-0.25, -0.2) is 9.78 Å². The first-order valence-corrected chi connectivity index (χ1v) is 10.6. The summed E-state index contributed by atoms with van der Waals surface area (Å²) in [5.41, 5.74) is 1.76. The van der Waals surface area contributed by atoms with Crippen LogP contribution >= 0.6 is 29.4 Å². The van der Waals surface area contributed by atoms with Crippen molar-refractivity contribution in [3.8, 4) is 0 Å². The van der Waals surface area contributed by atoms with Crippen LogP contribution in [0.15, 0.2) is 22.8 Å². The second kappa shape index (κ2) is 10.7. The second-order valence-electron chi connectivity index (χ2n) is 7.11. The molecule has 1 unspecified atom stereocenters. The number of benzene rings is 1. The van der Waals surface area contributed by atoms with Gasteiger partial charge < -0.3 is 23.8 Å². The summed E-state index contributed by atoms with van der Waals surface area (Å²) in [5, 5.41) is 0. The van der Waals surface area contributed by atoms with Crippen molar-refractivity contribution >= 4 is 52.2 Å². The average molecular weight is 500 g/mol. The fourth-order valence-corrected chi connectivity index (χ4v) is 4.08. The highest BCUT2D eigenvalue weighted by molar-refractivity contribution is 9.10. The third-order valence-electron chi connectivity index (χ3n) is 5.08. The molecule has 164 valence electrons. The van der Waals surface area contributed by atoms with Gasteiger partial charge >= 0.3 is 5.97 Å². The molecule has 2 atom stereocenters. The number of aromatic nitrogens is 2. The van der Waals surface area contributed by atoms with Gasteiger partial charge in [0, 0.05) is 24.2 Å². The summed E-state index contributed by atoms with van der Waals surface area (Å²) in [7, 11) is 1.36. The summed E-state index contributed by atoms with van der Waals surface area (Å²) in [6.45, 7) is 3.26. The Balaban J connectivity index is 0.00000256. The minimum atomic E-state index is -0.406. The molecule has 8 nitrogen and oxygen atoms in total. The van der Waals surface area contributed by atoms with Gasteiger partial charge in [-0.3, -0.25) is 4.98 Å². The molecule has 1 aromatic carbocycles. The predicted octanol–water partition coefficient (Wildman–Crippen LogP) is 3.04. The summed E-state index contributed by atoms with van der Waals surface area (Å²) in [5.74, 6) is 0.364. The highest BCUT2D eigenvalue weighted by Gasteiger charge is 2.24. The van der Waals surface area contributed by atoms with Crippen LogP contribution in [-0.2, 0) is 18.9 Å². The van der Waals surface area contributed by atoms with Gasteiger partial charge in [0.2, 0.25) is 0 Å². The second-order valence-corrected chi connectivity index (χ2v) is 7.97. The van der Waals surface area contributed by atoms with E-state index in [1.807, 2.05) is 0 Å². The van der Waals surface area contributed by atoms with E-state index in [2.05, 4.69) is 25.8 Å². The van der Waals surface area contributed by atoms with E-state index in [-0.39, 0.29) is 25.9 Å². The number of nitrogens with zero attached hydrogens (tertiary/aromatic N) is 3. The number of morpholine rings is 1. The fraction of sp³-hybridized carbons (Fsp3) is 0.550. The van der Waals surface area contributed by atoms with Crippen LogP contribution in [0, 0.1) is 0 Å². The van der Waals surface area contributed by atoms with Crippen molar-refractivity contribution in [2.24, 2.45) is 0 Å². The average Bonchev–Trinajstić information content (AvgIpc) is 2.77. The van der Waals surface area contributed by atoms with Crippen LogP contribution in [0.25, 0.3) is 11.0 Å². The molecular weight excluding hydrogens is 474 g/mol. The standard InChI is InChI=1S/C20H24BrN3O5.H2S/c1-26-20(25)13-8-15(21)19-16(9-13)22-10-17(23-19)24-5-7-27-14(11-24)12-29-18-4-2-3-6-28-18;/h8-10,14,18H,2-7,11-12H2,1H3;1H2/t14-,18?;/m0./s1. The Labute approximate surface area is 190 Å². The number of hydrogen-bond donors (Lipinski definition) is 0. The summed E-state index contributed by atoms with van der Waals surface area (Å²) in [6, 6.07) is 3.38. The zero-order chi connectivity index (χ0) is 20.2. The first kappa shape index (κ1) is 23.2. The van der Waals surface area contributed by atoms with Gasteiger partial charge in [0.25, 0.3) is 0 Å². The number of anilines is 1. The molecule has 2 aliphatic rings. The maximum absolute atomic E-state index is 11.8. The molecule has 0 N–H and O–H groups in total. The Morgan fingerprint density at radius 3 is 2.93 bits per heavy atom. The van der Waals surface area contributed by atoms with Gasteiger partial charge in [-0.2, -0.15) is 13.5 Å². The maximum atomic E-state index is 11.8. The molecule has 0 aliphatic carbocycles. The van der Waals surface area contributed by atoms with Crippen LogP contribution in [0.2, 0.25) is 0 Å². The Morgan fingerprint density at radius 1 is 1.30 bits per heavy atom. The van der Waals surface area contributed by atoms with Crippen LogP contribution < -0.4 is 4.90 Å². The van der Waals surface area contributed by atoms with E-state index in [1.54, 1.807) is 18.3 Å². The Kier molecular flexibility index (Phi) is 8.29. The van der Waals surface area contributed by atoms with Crippen LogP contribution in [0.1, 0.15) is 29.6 Å². The minimum absolute atomic E-state index is 0. The van der Waals surface area contributed by atoms with E-state index in [0.29, 0.717) is 40.8 Å². The van der Waals surface area contributed by atoms with Gasteiger partial charge in [-0.15, -0.1) is 0 Å². The molecule has 30 heavy (non-hydrogen) atoms. The van der Waals surface area contributed by atoms with Gasteiger partial charge in [0.1, 0.15) is 11.3 Å². The van der Waals surface area contributed by atoms with E-state index in [9.17, 15) is 4.79 Å². The van der Waals surface area contributed by atoms with Gasteiger partial charge in [0.05, 0.1) is 43.7 Å². The third kappa shape index (κ3) is 5.42. The molecule has 0 amide bonds. The summed E-state index contributed by atoms with van der Waals surface area (Å²) >= 11 is 3.50. The number of hydrogen-bond acceptors (Lipinski definition) is 8. The lowest BCUT2D eigenvalue weighted by Crippen LogP contribution is -2.45. The summed E-state index contributed by atoms with van der Waals surface area (Å²) < 4.78 is 22.8. The van der Waals surface area contributed by atoms with E-state index in [0.717, 1.165) is 38.2 Å². The quantitative estimate of drug-likeness (QED) is 0.580. The number of carbonyl (C=O) groups excluding carboxylic acids is 1. The molecule has 10 heteroatoms. The Morgan fingerprint density at radius 2 is 2.17 bits per heavy atom. The number of ether oxygens (including phenoxy) is 4.